The number of rotatable bonds is 3. The van der Waals surface area contributed by atoms with Gasteiger partial charge in [-0.25, -0.2) is 4.98 Å². The third-order valence-corrected chi connectivity index (χ3v) is 8.07. The van der Waals surface area contributed by atoms with E-state index in [9.17, 15) is 31.1 Å². The summed E-state index contributed by atoms with van der Waals surface area (Å²) in [6.45, 7) is 6.96. The summed E-state index contributed by atoms with van der Waals surface area (Å²) >= 11 is 0. The number of nitrogens with zero attached hydrogens (tertiary/aromatic N) is 4. The zero-order valence-corrected chi connectivity index (χ0v) is 22.5. The third kappa shape index (κ3) is 5.40. The molecule has 1 spiro atoms. The lowest BCUT2D eigenvalue weighted by molar-refractivity contribution is -0.141. The Morgan fingerprint density at radius 2 is 1.70 bits per heavy atom. The van der Waals surface area contributed by atoms with E-state index in [1.54, 1.807) is 11.0 Å². The number of pyridine rings is 2. The number of piperidine rings is 1. The molecule has 0 radical (unpaired) electrons. The number of fused-ring (bicyclic) bond motifs is 3. The lowest BCUT2D eigenvalue weighted by Crippen LogP contribution is -2.46. The predicted octanol–water partition coefficient (Wildman–Crippen LogP) is 6.89. The average Bonchev–Trinajstić information content (AvgIpc) is 3.19. The minimum absolute atomic E-state index is 0.0817. The second-order valence-electron chi connectivity index (χ2n) is 11.8. The van der Waals surface area contributed by atoms with Crippen LogP contribution in [0.1, 0.15) is 67.2 Å². The van der Waals surface area contributed by atoms with E-state index in [-0.39, 0.29) is 24.0 Å². The maximum atomic E-state index is 14.1. The molecule has 0 bridgehead atoms. The Bertz CT molecular complexity index is 1440. The highest BCUT2D eigenvalue weighted by molar-refractivity contribution is 6.10. The van der Waals surface area contributed by atoms with Crippen molar-refractivity contribution in [3.05, 3.63) is 65.1 Å². The molecular formula is C29H30F6N4O. The average molecular weight is 565 g/mol. The molecule has 1 aromatic carbocycles. The SMILES string of the molecule is CC(C)(C)c1ccc2c(c1)C1(CCN(CCC(F)(F)F)CC1)CN2C(=O)c1cc2cnccc2nc1C(F)(F)F. The van der Waals surface area contributed by atoms with Gasteiger partial charge in [-0.2, -0.15) is 26.3 Å². The summed E-state index contributed by atoms with van der Waals surface area (Å²) < 4.78 is 80.8. The van der Waals surface area contributed by atoms with E-state index in [0.717, 1.165) is 11.1 Å². The van der Waals surface area contributed by atoms with Crippen LogP contribution in [0.15, 0.2) is 42.7 Å². The molecule has 2 aliphatic rings. The molecule has 0 unspecified atom stereocenters. The first kappa shape index (κ1) is 28.3. The quantitative estimate of drug-likeness (QED) is 0.325. The maximum Gasteiger partial charge on any atom is 0.434 e. The van der Waals surface area contributed by atoms with Crippen LogP contribution in [0.25, 0.3) is 10.9 Å². The van der Waals surface area contributed by atoms with E-state index >= 15 is 0 Å². The molecular weight excluding hydrogens is 534 g/mol. The fourth-order valence-corrected chi connectivity index (χ4v) is 5.78. The number of anilines is 1. The Morgan fingerprint density at radius 3 is 2.33 bits per heavy atom. The molecule has 214 valence electrons. The van der Waals surface area contributed by atoms with Crippen LogP contribution in [0.3, 0.4) is 0 Å². The summed E-state index contributed by atoms with van der Waals surface area (Å²) in [7, 11) is 0. The van der Waals surface area contributed by atoms with Gasteiger partial charge in [-0.15, -0.1) is 0 Å². The maximum absolute atomic E-state index is 14.1. The molecule has 2 aliphatic heterocycles. The summed E-state index contributed by atoms with van der Waals surface area (Å²) in [4.78, 5) is 24.8. The summed E-state index contributed by atoms with van der Waals surface area (Å²) in [6, 6.07) is 8.22. The van der Waals surface area contributed by atoms with Crippen molar-refractivity contribution in [2.75, 3.05) is 31.1 Å². The molecule has 0 atom stereocenters. The lowest BCUT2D eigenvalue weighted by atomic mass is 9.72. The van der Waals surface area contributed by atoms with Gasteiger partial charge in [0, 0.05) is 42.0 Å². The topological polar surface area (TPSA) is 49.3 Å². The number of carbonyl (C=O) groups excluding carboxylic acids is 1. The first-order valence-electron chi connectivity index (χ1n) is 13.2. The van der Waals surface area contributed by atoms with Gasteiger partial charge in [0.2, 0.25) is 0 Å². The number of alkyl halides is 6. The molecule has 1 saturated heterocycles. The Morgan fingerprint density at radius 1 is 1.00 bits per heavy atom. The second-order valence-corrected chi connectivity index (χ2v) is 11.8. The molecule has 0 aliphatic carbocycles. The normalized spacial score (nSPS) is 18.0. The highest BCUT2D eigenvalue weighted by Gasteiger charge is 2.48. The molecule has 1 fully saturated rings. The minimum atomic E-state index is -4.86. The van der Waals surface area contributed by atoms with E-state index in [4.69, 9.17) is 0 Å². The van der Waals surface area contributed by atoms with Gasteiger partial charge in [-0.3, -0.25) is 9.78 Å². The van der Waals surface area contributed by atoms with Crippen LogP contribution in [-0.2, 0) is 17.0 Å². The van der Waals surface area contributed by atoms with E-state index in [1.165, 1.54) is 29.4 Å². The zero-order chi connectivity index (χ0) is 29.1. The van der Waals surface area contributed by atoms with Gasteiger partial charge in [-0.05, 0) is 60.7 Å². The first-order chi connectivity index (χ1) is 18.6. The second kappa shape index (κ2) is 9.71. The van der Waals surface area contributed by atoms with Gasteiger partial charge < -0.3 is 9.80 Å². The van der Waals surface area contributed by atoms with Gasteiger partial charge in [0.1, 0.15) is 0 Å². The van der Waals surface area contributed by atoms with E-state index in [0.29, 0.717) is 37.0 Å². The van der Waals surface area contributed by atoms with Gasteiger partial charge in [-0.1, -0.05) is 32.9 Å². The van der Waals surface area contributed by atoms with Gasteiger partial charge in [0.05, 0.1) is 17.5 Å². The van der Waals surface area contributed by atoms with E-state index in [1.807, 2.05) is 32.9 Å². The van der Waals surface area contributed by atoms with Crippen molar-refractivity contribution in [1.29, 1.82) is 0 Å². The zero-order valence-electron chi connectivity index (χ0n) is 22.5. The molecule has 40 heavy (non-hydrogen) atoms. The Labute approximate surface area is 228 Å². The fraction of sp³-hybridized carbons (Fsp3) is 0.483. The summed E-state index contributed by atoms with van der Waals surface area (Å²) in [5, 5.41) is 0.314. The van der Waals surface area contributed by atoms with Gasteiger partial charge in [0.15, 0.2) is 5.69 Å². The number of halogens is 6. The van der Waals surface area contributed by atoms with E-state index < -0.39 is 41.4 Å². The molecule has 0 N–H and O–H groups in total. The van der Waals surface area contributed by atoms with Crippen LogP contribution in [0.5, 0.6) is 0 Å². The van der Waals surface area contributed by atoms with Crippen LogP contribution < -0.4 is 4.90 Å². The third-order valence-electron chi connectivity index (χ3n) is 8.07. The molecule has 3 aromatic rings. The predicted molar refractivity (Wildman–Crippen MR) is 139 cm³/mol. The Balaban J connectivity index is 1.54. The van der Waals surface area contributed by atoms with Crippen molar-refractivity contribution in [3.63, 3.8) is 0 Å². The van der Waals surface area contributed by atoms with Gasteiger partial charge in [0.25, 0.3) is 5.91 Å². The highest BCUT2D eigenvalue weighted by Crippen LogP contribution is 2.49. The molecule has 4 heterocycles. The standard InChI is InChI=1S/C29H30F6N4O/c1-26(2,3)19-4-5-23-21(15-19)27(7-11-38(12-8-27)13-9-28(30,31)32)17-39(23)25(40)20-14-18-16-36-10-6-22(18)37-24(20)29(33,34)35/h4-6,10,14-16H,7-9,11-13,17H2,1-3H3. The molecule has 5 rings (SSSR count). The van der Waals surface area contributed by atoms with Crippen molar-refractivity contribution in [2.45, 2.75) is 63.2 Å². The van der Waals surface area contributed by atoms with Crippen molar-refractivity contribution in [3.8, 4) is 0 Å². The van der Waals surface area contributed by atoms with Crippen LogP contribution in [0, 0.1) is 0 Å². The van der Waals surface area contributed by atoms with Crippen molar-refractivity contribution >= 4 is 22.5 Å². The number of carbonyl (C=O) groups is 1. The minimum Gasteiger partial charge on any atom is -0.307 e. The summed E-state index contributed by atoms with van der Waals surface area (Å²) in [5.41, 5.74) is -0.142. The number of benzene rings is 1. The number of amides is 1. The number of hydrogen-bond donors (Lipinski definition) is 0. The smallest absolute Gasteiger partial charge is 0.307 e. The van der Waals surface area contributed by atoms with Crippen LogP contribution in [-0.4, -0.2) is 53.1 Å². The van der Waals surface area contributed by atoms with Crippen molar-refractivity contribution in [2.24, 2.45) is 0 Å². The molecule has 2 aromatic heterocycles. The molecule has 11 heteroatoms. The summed E-state index contributed by atoms with van der Waals surface area (Å²) in [5.74, 6) is -0.813. The Hall–Kier alpha value is -3.21. The molecule has 1 amide bonds. The number of likely N-dealkylation sites (tertiary alicyclic amines) is 1. The van der Waals surface area contributed by atoms with E-state index in [2.05, 4.69) is 9.97 Å². The largest absolute Gasteiger partial charge is 0.434 e. The lowest BCUT2D eigenvalue weighted by Gasteiger charge is -2.40. The molecule has 0 saturated carbocycles. The highest BCUT2D eigenvalue weighted by atomic mass is 19.4. The van der Waals surface area contributed by atoms with Crippen LogP contribution in [0.2, 0.25) is 0 Å². The van der Waals surface area contributed by atoms with Crippen LogP contribution >= 0.6 is 0 Å². The number of aromatic nitrogens is 2. The first-order valence-corrected chi connectivity index (χ1v) is 13.2. The monoisotopic (exact) mass is 564 g/mol. The molecule has 5 nitrogen and oxygen atoms in total. The fourth-order valence-electron chi connectivity index (χ4n) is 5.78. The van der Waals surface area contributed by atoms with Crippen molar-refractivity contribution in [1.82, 2.24) is 14.9 Å². The number of hydrogen-bond acceptors (Lipinski definition) is 4. The Kier molecular flexibility index (Phi) is 6.88. The summed E-state index contributed by atoms with van der Waals surface area (Å²) in [6.07, 6.45) is -6.33. The van der Waals surface area contributed by atoms with Gasteiger partial charge >= 0.3 is 12.4 Å². The van der Waals surface area contributed by atoms with Crippen LogP contribution in [0.4, 0.5) is 32.0 Å². The van der Waals surface area contributed by atoms with Crippen molar-refractivity contribution < 1.29 is 31.1 Å².